The second-order valence-electron chi connectivity index (χ2n) is 7.27. The minimum atomic E-state index is -0.720. The second kappa shape index (κ2) is 6.40. The number of likely N-dealkylation sites (tertiary alicyclic amines) is 2. The van der Waals surface area contributed by atoms with E-state index >= 15 is 0 Å². The number of rotatable bonds is 3. The molecule has 6 nitrogen and oxygen atoms in total. The Morgan fingerprint density at radius 2 is 1.91 bits per heavy atom. The zero-order valence-electron chi connectivity index (χ0n) is 13.5. The normalized spacial score (nSPS) is 29.8. The Labute approximate surface area is 137 Å². The smallest absolute Gasteiger partial charge is 0.404 e. The number of hydrogen-bond acceptors (Lipinski definition) is 4. The molecule has 0 bridgehead atoms. The van der Waals surface area contributed by atoms with Crippen LogP contribution < -0.4 is 5.73 Å². The number of terminal acetylenes is 1. The van der Waals surface area contributed by atoms with Gasteiger partial charge in [0.25, 0.3) is 0 Å². The average Bonchev–Trinajstić information content (AvgIpc) is 2.92. The summed E-state index contributed by atoms with van der Waals surface area (Å²) < 4.78 is 5.03. The summed E-state index contributed by atoms with van der Waals surface area (Å²) in [4.78, 5) is 27.8. The fourth-order valence-electron chi connectivity index (χ4n) is 4.37. The van der Waals surface area contributed by atoms with Gasteiger partial charge in [-0.2, -0.15) is 0 Å². The summed E-state index contributed by atoms with van der Waals surface area (Å²) in [6, 6.07) is 0. The first-order valence-electron chi connectivity index (χ1n) is 8.42. The molecular formula is C17H25N3O3. The summed E-state index contributed by atoms with van der Waals surface area (Å²) in [5.41, 5.74) is 5.33. The van der Waals surface area contributed by atoms with Crippen LogP contribution >= 0.6 is 0 Å². The van der Waals surface area contributed by atoms with E-state index in [2.05, 4.69) is 10.8 Å². The third kappa shape index (κ3) is 3.45. The Morgan fingerprint density at radius 3 is 2.52 bits per heavy atom. The van der Waals surface area contributed by atoms with Gasteiger partial charge in [-0.25, -0.2) is 4.79 Å². The first-order chi connectivity index (χ1) is 11.0. The van der Waals surface area contributed by atoms with Crippen molar-refractivity contribution in [3.05, 3.63) is 0 Å². The van der Waals surface area contributed by atoms with Crippen molar-refractivity contribution in [1.29, 1.82) is 0 Å². The molecule has 2 amide bonds. The summed E-state index contributed by atoms with van der Waals surface area (Å²) in [6.07, 6.45) is 8.61. The van der Waals surface area contributed by atoms with Crippen LogP contribution in [-0.2, 0) is 9.53 Å². The first-order valence-corrected chi connectivity index (χ1v) is 8.42. The molecular weight excluding hydrogens is 294 g/mol. The van der Waals surface area contributed by atoms with E-state index < -0.39 is 6.09 Å². The van der Waals surface area contributed by atoms with E-state index in [1.165, 1.54) is 0 Å². The summed E-state index contributed by atoms with van der Waals surface area (Å²) in [5, 5.41) is 0. The summed E-state index contributed by atoms with van der Waals surface area (Å²) >= 11 is 0. The highest BCUT2D eigenvalue weighted by Gasteiger charge is 2.49. The van der Waals surface area contributed by atoms with Crippen molar-refractivity contribution in [2.24, 2.45) is 17.1 Å². The van der Waals surface area contributed by atoms with E-state index in [-0.39, 0.29) is 23.3 Å². The van der Waals surface area contributed by atoms with Gasteiger partial charge in [0.2, 0.25) is 5.91 Å². The maximum absolute atomic E-state index is 12.7. The molecule has 3 fully saturated rings. The van der Waals surface area contributed by atoms with Crippen molar-refractivity contribution < 1.29 is 14.3 Å². The molecule has 1 aliphatic carbocycles. The highest BCUT2D eigenvalue weighted by Crippen LogP contribution is 2.40. The van der Waals surface area contributed by atoms with Crippen LogP contribution in [0.5, 0.6) is 0 Å². The molecule has 2 heterocycles. The number of nitrogens with two attached hydrogens (primary N) is 1. The number of nitrogens with zero attached hydrogens (tertiary/aromatic N) is 2. The lowest BCUT2D eigenvalue weighted by atomic mass is 9.79. The summed E-state index contributed by atoms with van der Waals surface area (Å²) in [6.45, 7) is 4.46. The zero-order valence-corrected chi connectivity index (χ0v) is 13.5. The maximum atomic E-state index is 12.7. The Bertz CT molecular complexity index is 514. The van der Waals surface area contributed by atoms with Crippen molar-refractivity contribution in [2.75, 3.05) is 32.7 Å². The van der Waals surface area contributed by atoms with Gasteiger partial charge in [0.05, 0.1) is 6.54 Å². The molecule has 6 heteroatoms. The van der Waals surface area contributed by atoms with Gasteiger partial charge >= 0.3 is 6.09 Å². The fourth-order valence-corrected chi connectivity index (χ4v) is 4.37. The monoisotopic (exact) mass is 319 g/mol. The third-order valence-corrected chi connectivity index (χ3v) is 5.49. The lowest BCUT2D eigenvalue weighted by Gasteiger charge is -2.47. The Kier molecular flexibility index (Phi) is 4.49. The molecule has 0 aromatic heterocycles. The van der Waals surface area contributed by atoms with Gasteiger partial charge in [-0.15, -0.1) is 6.42 Å². The quantitative estimate of drug-likeness (QED) is 0.781. The lowest BCUT2D eigenvalue weighted by Crippen LogP contribution is -2.57. The predicted octanol–water partition coefficient (Wildman–Crippen LogP) is 0.808. The van der Waals surface area contributed by atoms with Crippen molar-refractivity contribution in [3.8, 4) is 12.3 Å². The van der Waals surface area contributed by atoms with E-state index in [9.17, 15) is 9.59 Å². The highest BCUT2D eigenvalue weighted by atomic mass is 16.6. The van der Waals surface area contributed by atoms with E-state index in [4.69, 9.17) is 16.9 Å². The molecule has 126 valence electrons. The van der Waals surface area contributed by atoms with Gasteiger partial charge in [0.1, 0.15) is 6.10 Å². The molecule has 0 unspecified atom stereocenters. The van der Waals surface area contributed by atoms with Gasteiger partial charge < -0.3 is 15.4 Å². The number of hydrogen-bond donors (Lipinski definition) is 1. The van der Waals surface area contributed by atoms with Crippen molar-refractivity contribution in [1.82, 2.24) is 9.80 Å². The number of ether oxygens (including phenoxy) is 1. The minimum absolute atomic E-state index is 0.0692. The molecule has 0 aromatic carbocycles. The molecule has 0 radical (unpaired) electrons. The topological polar surface area (TPSA) is 75.9 Å². The number of carbonyl (C=O) groups excluding carboxylic acids is 2. The van der Waals surface area contributed by atoms with Crippen LogP contribution in [0.1, 0.15) is 32.1 Å². The molecule has 1 spiro atoms. The van der Waals surface area contributed by atoms with Gasteiger partial charge in [0.15, 0.2) is 0 Å². The Balaban J connectivity index is 1.45. The Hall–Kier alpha value is -1.74. The molecule has 2 saturated heterocycles. The van der Waals surface area contributed by atoms with Crippen molar-refractivity contribution >= 4 is 12.0 Å². The Morgan fingerprint density at radius 1 is 1.22 bits per heavy atom. The molecule has 3 aliphatic rings. The van der Waals surface area contributed by atoms with Gasteiger partial charge in [0, 0.05) is 37.5 Å². The highest BCUT2D eigenvalue weighted by molar-refractivity contribution is 5.79. The molecule has 0 aromatic rings. The SMILES string of the molecule is C#CCN1CC2(CCN(C(=O)C3CCC(OC(N)=O)CC3)C2)C1. The molecule has 3 rings (SSSR count). The fraction of sp³-hybridized carbons (Fsp3) is 0.765. The predicted molar refractivity (Wildman–Crippen MR) is 85.3 cm³/mol. The van der Waals surface area contributed by atoms with Crippen molar-refractivity contribution in [3.63, 3.8) is 0 Å². The van der Waals surface area contributed by atoms with E-state index in [1.807, 2.05) is 4.90 Å². The summed E-state index contributed by atoms with van der Waals surface area (Å²) in [7, 11) is 0. The standard InChI is InChI=1S/C17H25N3O3/c1-2-8-19-10-17(11-19)7-9-20(12-17)15(21)13-3-5-14(6-4-13)23-16(18)22/h1,13-14H,3-12H2,(H2,18,22). The molecule has 0 atom stereocenters. The summed E-state index contributed by atoms with van der Waals surface area (Å²) in [5.74, 6) is 3.02. The zero-order chi connectivity index (χ0) is 16.4. The van der Waals surface area contributed by atoms with E-state index in [0.717, 1.165) is 58.3 Å². The van der Waals surface area contributed by atoms with Crippen molar-refractivity contribution in [2.45, 2.75) is 38.2 Å². The van der Waals surface area contributed by atoms with Gasteiger partial charge in [-0.3, -0.25) is 9.69 Å². The molecule has 1 saturated carbocycles. The van der Waals surface area contributed by atoms with E-state index in [1.54, 1.807) is 0 Å². The molecule has 23 heavy (non-hydrogen) atoms. The number of amides is 2. The molecule has 2 N–H and O–H groups in total. The van der Waals surface area contributed by atoms with E-state index in [0.29, 0.717) is 6.54 Å². The van der Waals surface area contributed by atoms with Crippen LogP contribution in [-0.4, -0.2) is 60.6 Å². The average molecular weight is 319 g/mol. The largest absolute Gasteiger partial charge is 0.446 e. The van der Waals surface area contributed by atoms with Gasteiger partial charge in [-0.1, -0.05) is 5.92 Å². The number of primary amides is 1. The lowest BCUT2D eigenvalue weighted by molar-refractivity contribution is -0.137. The van der Waals surface area contributed by atoms with Crippen LogP contribution in [0.15, 0.2) is 0 Å². The first kappa shape index (κ1) is 16.1. The molecule has 2 aliphatic heterocycles. The van der Waals surface area contributed by atoms with Gasteiger partial charge in [-0.05, 0) is 32.1 Å². The maximum Gasteiger partial charge on any atom is 0.404 e. The minimum Gasteiger partial charge on any atom is -0.446 e. The van der Waals surface area contributed by atoms with Crippen LogP contribution in [0.25, 0.3) is 0 Å². The van der Waals surface area contributed by atoms with Crippen LogP contribution in [0.2, 0.25) is 0 Å². The van der Waals surface area contributed by atoms with Crippen LogP contribution in [0.4, 0.5) is 4.79 Å². The third-order valence-electron chi connectivity index (χ3n) is 5.49. The van der Waals surface area contributed by atoms with Crippen LogP contribution in [0.3, 0.4) is 0 Å². The van der Waals surface area contributed by atoms with Crippen LogP contribution in [0, 0.1) is 23.7 Å². The second-order valence-corrected chi connectivity index (χ2v) is 7.27. The number of carbonyl (C=O) groups is 2.